The van der Waals surface area contributed by atoms with E-state index < -0.39 is 0 Å². The highest BCUT2D eigenvalue weighted by molar-refractivity contribution is 14.0. The lowest BCUT2D eigenvalue weighted by Gasteiger charge is -2.26. The van der Waals surface area contributed by atoms with Crippen molar-refractivity contribution in [3.05, 3.63) is 29.6 Å². The molecule has 2 fully saturated rings. The predicted octanol–water partition coefficient (Wildman–Crippen LogP) is 3.39. The van der Waals surface area contributed by atoms with E-state index in [0.717, 1.165) is 25.5 Å². The van der Waals surface area contributed by atoms with Gasteiger partial charge in [-0.05, 0) is 55.2 Å². The molecule has 23 heavy (non-hydrogen) atoms. The summed E-state index contributed by atoms with van der Waals surface area (Å²) < 4.78 is 0. The summed E-state index contributed by atoms with van der Waals surface area (Å²) in [6.07, 6.45) is 11.8. The van der Waals surface area contributed by atoms with Crippen molar-refractivity contribution in [1.82, 2.24) is 15.2 Å². The zero-order valence-electron chi connectivity index (χ0n) is 14.3. The predicted molar refractivity (Wildman–Crippen MR) is 107 cm³/mol. The van der Waals surface area contributed by atoms with E-state index in [0.29, 0.717) is 5.41 Å². The van der Waals surface area contributed by atoms with Gasteiger partial charge in [-0.25, -0.2) is 0 Å². The Hall–Kier alpha value is -0.850. The number of rotatable bonds is 3. The normalized spacial score (nSPS) is 19.9. The molecule has 0 bridgehead atoms. The van der Waals surface area contributed by atoms with Crippen molar-refractivity contribution in [3.63, 3.8) is 0 Å². The van der Waals surface area contributed by atoms with Crippen molar-refractivity contribution >= 4 is 29.9 Å². The molecule has 1 aromatic rings. The number of aromatic nitrogens is 1. The third-order valence-electron chi connectivity index (χ3n) is 5.43. The minimum absolute atomic E-state index is 0. The summed E-state index contributed by atoms with van der Waals surface area (Å²) >= 11 is 0. The molecule has 1 aliphatic heterocycles. The van der Waals surface area contributed by atoms with Crippen LogP contribution in [0.3, 0.4) is 0 Å². The maximum atomic E-state index is 4.50. The number of aliphatic imine (C=N–C) groups is 1. The van der Waals surface area contributed by atoms with Crippen molar-refractivity contribution in [2.75, 3.05) is 26.7 Å². The molecule has 3 rings (SSSR count). The van der Waals surface area contributed by atoms with E-state index in [2.05, 4.69) is 33.2 Å². The van der Waals surface area contributed by atoms with Crippen molar-refractivity contribution in [2.45, 2.75) is 45.4 Å². The number of hydrogen-bond donors (Lipinski definition) is 1. The molecule has 1 N–H and O–H groups in total. The first-order chi connectivity index (χ1) is 10.7. The summed E-state index contributed by atoms with van der Waals surface area (Å²) in [5, 5.41) is 3.55. The van der Waals surface area contributed by atoms with Gasteiger partial charge in [0.1, 0.15) is 0 Å². The van der Waals surface area contributed by atoms with Crippen LogP contribution in [-0.4, -0.2) is 42.5 Å². The van der Waals surface area contributed by atoms with E-state index in [1.54, 1.807) is 0 Å². The fraction of sp³-hybridized carbons (Fsp3) is 0.667. The molecule has 0 aromatic carbocycles. The van der Waals surface area contributed by atoms with Crippen LogP contribution in [-0.2, 0) is 6.42 Å². The average molecular weight is 428 g/mol. The molecule has 4 nitrogen and oxygen atoms in total. The van der Waals surface area contributed by atoms with Gasteiger partial charge in [0.05, 0.1) is 0 Å². The highest BCUT2D eigenvalue weighted by Gasteiger charge is 2.40. The molecule has 1 spiro atoms. The molecule has 2 heterocycles. The third-order valence-corrected chi connectivity index (χ3v) is 5.43. The van der Waals surface area contributed by atoms with Crippen LogP contribution < -0.4 is 5.32 Å². The molecular formula is C18H29IN4. The van der Waals surface area contributed by atoms with Gasteiger partial charge >= 0.3 is 0 Å². The monoisotopic (exact) mass is 428 g/mol. The van der Waals surface area contributed by atoms with Crippen LogP contribution >= 0.6 is 24.0 Å². The zero-order chi connectivity index (χ0) is 15.4. The number of likely N-dealkylation sites (tertiary alicyclic amines) is 1. The number of nitrogens with one attached hydrogen (secondary N) is 1. The lowest BCUT2D eigenvalue weighted by atomic mass is 9.86. The van der Waals surface area contributed by atoms with Crippen LogP contribution in [0.25, 0.3) is 0 Å². The molecule has 0 amide bonds. The first-order valence-corrected chi connectivity index (χ1v) is 8.58. The molecule has 2 aliphatic rings. The lowest BCUT2D eigenvalue weighted by molar-refractivity contribution is 0.309. The van der Waals surface area contributed by atoms with Gasteiger partial charge < -0.3 is 10.2 Å². The van der Waals surface area contributed by atoms with E-state index in [-0.39, 0.29) is 24.0 Å². The smallest absolute Gasteiger partial charge is 0.193 e. The Labute approximate surface area is 157 Å². The summed E-state index contributed by atoms with van der Waals surface area (Å²) in [4.78, 5) is 11.1. The summed E-state index contributed by atoms with van der Waals surface area (Å²) in [6, 6.07) is 2.11. The first-order valence-electron chi connectivity index (χ1n) is 8.58. The van der Waals surface area contributed by atoms with Crippen LogP contribution in [0.15, 0.2) is 23.5 Å². The highest BCUT2D eigenvalue weighted by atomic mass is 127. The Morgan fingerprint density at radius 3 is 2.83 bits per heavy atom. The topological polar surface area (TPSA) is 40.5 Å². The molecule has 0 radical (unpaired) electrons. The summed E-state index contributed by atoms with van der Waals surface area (Å²) in [6.45, 7) is 5.41. The van der Waals surface area contributed by atoms with E-state index in [4.69, 9.17) is 0 Å². The van der Waals surface area contributed by atoms with Gasteiger partial charge in [-0.15, -0.1) is 24.0 Å². The van der Waals surface area contributed by atoms with Crippen LogP contribution in [0.2, 0.25) is 0 Å². The Balaban J connectivity index is 0.00000192. The second-order valence-corrected chi connectivity index (χ2v) is 6.90. The average Bonchev–Trinajstić information content (AvgIpc) is 3.16. The molecule has 0 unspecified atom stereocenters. The number of guanidine groups is 1. The maximum Gasteiger partial charge on any atom is 0.193 e. The molecule has 1 saturated heterocycles. The van der Waals surface area contributed by atoms with E-state index in [1.165, 1.54) is 49.8 Å². The molecule has 128 valence electrons. The van der Waals surface area contributed by atoms with Crippen molar-refractivity contribution in [3.8, 4) is 0 Å². The Bertz CT molecular complexity index is 538. The van der Waals surface area contributed by atoms with Crippen LogP contribution in [0, 0.1) is 12.3 Å². The molecule has 1 aromatic heterocycles. The second-order valence-electron chi connectivity index (χ2n) is 6.90. The second kappa shape index (κ2) is 8.31. The lowest BCUT2D eigenvalue weighted by Crippen LogP contribution is -2.41. The molecular weight excluding hydrogens is 399 g/mol. The molecule has 0 atom stereocenters. The van der Waals surface area contributed by atoms with E-state index >= 15 is 0 Å². The fourth-order valence-corrected chi connectivity index (χ4v) is 4.07. The van der Waals surface area contributed by atoms with E-state index in [9.17, 15) is 0 Å². The first kappa shape index (κ1) is 18.5. The Kier molecular flexibility index (Phi) is 6.68. The van der Waals surface area contributed by atoms with Crippen molar-refractivity contribution in [1.29, 1.82) is 0 Å². The third kappa shape index (κ3) is 4.37. The zero-order valence-corrected chi connectivity index (χ0v) is 16.7. The molecule has 1 aliphatic carbocycles. The van der Waals surface area contributed by atoms with Gasteiger partial charge in [-0.3, -0.25) is 9.98 Å². The summed E-state index contributed by atoms with van der Waals surface area (Å²) in [7, 11) is 1.90. The Morgan fingerprint density at radius 1 is 1.35 bits per heavy atom. The summed E-state index contributed by atoms with van der Waals surface area (Å²) in [5.74, 6) is 1.08. The van der Waals surface area contributed by atoms with Gasteiger partial charge in [-0.1, -0.05) is 12.8 Å². The minimum atomic E-state index is 0. The van der Waals surface area contributed by atoms with Gasteiger partial charge in [0.25, 0.3) is 0 Å². The number of halogens is 1. The maximum absolute atomic E-state index is 4.50. The van der Waals surface area contributed by atoms with Gasteiger partial charge in [0.2, 0.25) is 0 Å². The molecule has 5 heteroatoms. The number of nitrogens with zero attached hydrogens (tertiary/aromatic N) is 3. The summed E-state index contributed by atoms with van der Waals surface area (Å²) in [5.41, 5.74) is 3.23. The number of hydrogen-bond acceptors (Lipinski definition) is 2. The highest BCUT2D eigenvalue weighted by Crippen LogP contribution is 2.45. The standard InChI is InChI=1S/C18H28N4.HI/c1-15-13-20-10-5-16(15)6-11-21-17(19-2)22-12-9-18(14-22)7-3-4-8-18;/h5,10,13H,3-4,6-9,11-12,14H2,1-2H3,(H,19,21);1H. The quantitative estimate of drug-likeness (QED) is 0.456. The SMILES string of the molecule is CN=C(NCCc1ccncc1C)N1CCC2(CCCC2)C1.I. The van der Waals surface area contributed by atoms with Gasteiger partial charge in [0, 0.05) is 39.1 Å². The van der Waals surface area contributed by atoms with Crippen LogP contribution in [0.1, 0.15) is 43.2 Å². The largest absolute Gasteiger partial charge is 0.356 e. The van der Waals surface area contributed by atoms with Crippen molar-refractivity contribution < 1.29 is 0 Å². The minimum Gasteiger partial charge on any atom is -0.356 e. The molecule has 1 saturated carbocycles. The van der Waals surface area contributed by atoms with Gasteiger partial charge in [0.15, 0.2) is 5.96 Å². The fourth-order valence-electron chi connectivity index (χ4n) is 4.07. The number of pyridine rings is 1. The van der Waals surface area contributed by atoms with E-state index in [1.807, 2.05) is 19.4 Å². The van der Waals surface area contributed by atoms with Crippen molar-refractivity contribution in [2.24, 2.45) is 10.4 Å². The van der Waals surface area contributed by atoms with Crippen LogP contribution in [0.5, 0.6) is 0 Å². The Morgan fingerprint density at radius 2 is 2.13 bits per heavy atom. The van der Waals surface area contributed by atoms with Gasteiger partial charge in [-0.2, -0.15) is 0 Å². The van der Waals surface area contributed by atoms with Crippen LogP contribution in [0.4, 0.5) is 0 Å². The number of aryl methyl sites for hydroxylation is 1.